The number of aromatic amines is 1. The largest absolute Gasteiger partial charge is 0.483 e. The minimum atomic E-state index is -0.250. The van der Waals surface area contributed by atoms with Gasteiger partial charge in [0.25, 0.3) is 6.47 Å². The van der Waals surface area contributed by atoms with E-state index < -0.39 is 0 Å². The predicted molar refractivity (Wildman–Crippen MR) is 91.1 cm³/mol. The number of rotatable bonds is 2. The summed E-state index contributed by atoms with van der Waals surface area (Å²) in [5.74, 6) is -0.140. The van der Waals surface area contributed by atoms with E-state index >= 15 is 0 Å². The van der Waals surface area contributed by atoms with Crippen molar-refractivity contribution in [1.82, 2.24) is 9.88 Å². The van der Waals surface area contributed by atoms with Crippen LogP contribution in [-0.2, 0) is 24.4 Å². The van der Waals surface area contributed by atoms with Gasteiger partial charge in [0.15, 0.2) is 0 Å². The molecule has 0 bridgehead atoms. The summed E-state index contributed by atoms with van der Waals surface area (Å²) in [5.41, 5.74) is 6.12. The number of hydrogen-bond donors (Lipinski definition) is 2. The molecule has 0 unspecified atom stereocenters. The van der Waals surface area contributed by atoms with Gasteiger partial charge in [0, 0.05) is 36.7 Å². The van der Waals surface area contributed by atoms with Gasteiger partial charge in [-0.2, -0.15) is 0 Å². The molecule has 5 heteroatoms. The van der Waals surface area contributed by atoms with E-state index in [9.17, 15) is 4.39 Å². The van der Waals surface area contributed by atoms with Gasteiger partial charge in [0.2, 0.25) is 0 Å². The van der Waals surface area contributed by atoms with Crippen LogP contribution in [0.1, 0.15) is 22.3 Å². The number of benzene rings is 2. The molecule has 2 N–H and O–H groups in total. The van der Waals surface area contributed by atoms with Crippen molar-refractivity contribution < 1.29 is 14.3 Å². The van der Waals surface area contributed by atoms with Crippen LogP contribution < -0.4 is 0 Å². The van der Waals surface area contributed by atoms with Gasteiger partial charge < -0.3 is 10.1 Å². The number of H-pyrrole nitrogens is 1. The average molecular weight is 326 g/mol. The molecule has 0 fully saturated rings. The number of fused-ring (bicyclic) bond motifs is 2. The molecule has 0 radical (unpaired) electrons. The first kappa shape index (κ1) is 16.2. The van der Waals surface area contributed by atoms with E-state index in [1.165, 1.54) is 27.6 Å². The first-order valence-electron chi connectivity index (χ1n) is 7.75. The highest BCUT2D eigenvalue weighted by Gasteiger charge is 2.20. The van der Waals surface area contributed by atoms with Crippen LogP contribution in [0.4, 0.5) is 4.39 Å². The molecule has 0 spiro atoms. The smallest absolute Gasteiger partial charge is 0.290 e. The highest BCUT2D eigenvalue weighted by molar-refractivity contribution is 5.83. The number of nitrogens with one attached hydrogen (secondary N) is 1. The van der Waals surface area contributed by atoms with E-state index in [0.29, 0.717) is 0 Å². The van der Waals surface area contributed by atoms with Crippen LogP contribution in [0, 0.1) is 12.7 Å². The van der Waals surface area contributed by atoms with E-state index in [4.69, 9.17) is 9.90 Å². The number of carbonyl (C=O) groups is 1. The number of hydrogen-bond acceptors (Lipinski definition) is 2. The summed E-state index contributed by atoms with van der Waals surface area (Å²) in [6.07, 6.45) is 2.09. The zero-order chi connectivity index (χ0) is 17.1. The molecule has 2 heterocycles. The van der Waals surface area contributed by atoms with Gasteiger partial charge in [0.1, 0.15) is 5.82 Å². The third-order valence-electron chi connectivity index (χ3n) is 4.27. The lowest BCUT2D eigenvalue weighted by atomic mass is 10.1. The summed E-state index contributed by atoms with van der Waals surface area (Å²) in [6.45, 7) is 4.48. The third kappa shape index (κ3) is 3.31. The minimum absolute atomic E-state index is 0.140. The lowest BCUT2D eigenvalue weighted by Gasteiger charge is -2.14. The first-order chi connectivity index (χ1) is 11.6. The molecule has 3 aromatic rings. The van der Waals surface area contributed by atoms with E-state index in [1.807, 2.05) is 6.07 Å². The Labute approximate surface area is 139 Å². The summed E-state index contributed by atoms with van der Waals surface area (Å²) < 4.78 is 13.3. The Morgan fingerprint density at radius 3 is 2.75 bits per heavy atom. The number of aryl methyl sites for hydroxylation is 1. The Kier molecular flexibility index (Phi) is 4.62. The van der Waals surface area contributed by atoms with Gasteiger partial charge in [-0.1, -0.05) is 17.7 Å². The van der Waals surface area contributed by atoms with Crippen molar-refractivity contribution in [2.75, 3.05) is 0 Å². The molecular weight excluding hydrogens is 307 g/mol. The minimum Gasteiger partial charge on any atom is -0.483 e. The van der Waals surface area contributed by atoms with Crippen LogP contribution in [-0.4, -0.2) is 21.5 Å². The Morgan fingerprint density at radius 2 is 1.96 bits per heavy atom. The zero-order valence-corrected chi connectivity index (χ0v) is 13.4. The second kappa shape index (κ2) is 6.84. The van der Waals surface area contributed by atoms with E-state index in [1.54, 1.807) is 12.1 Å². The van der Waals surface area contributed by atoms with Crippen LogP contribution in [0.2, 0.25) is 0 Å². The van der Waals surface area contributed by atoms with Gasteiger partial charge in [-0.05, 0) is 47.9 Å². The standard InChI is InChI=1S/C18H17FN2.CH2O2/c1-12-2-5-18-17(6-12)15(8-20-18)11-21-9-13-3-4-16(19)7-14(13)10-21;2-1-3/h2-8,20H,9-11H2,1H3;1H,(H,2,3). The van der Waals surface area contributed by atoms with Crippen LogP contribution in [0.15, 0.2) is 42.6 Å². The maximum atomic E-state index is 13.3. The van der Waals surface area contributed by atoms with E-state index in [0.717, 1.165) is 25.2 Å². The van der Waals surface area contributed by atoms with Gasteiger partial charge in [-0.25, -0.2) is 4.39 Å². The molecule has 0 amide bonds. The highest BCUT2D eigenvalue weighted by Crippen LogP contribution is 2.27. The summed E-state index contributed by atoms with van der Waals surface area (Å²) in [5, 5.41) is 8.18. The fourth-order valence-corrected chi connectivity index (χ4v) is 3.21. The Hall–Kier alpha value is -2.66. The highest BCUT2D eigenvalue weighted by atomic mass is 19.1. The van der Waals surface area contributed by atoms with Crippen LogP contribution in [0.5, 0.6) is 0 Å². The quantitative estimate of drug-likeness (QED) is 0.704. The molecular formula is C19H19FN2O2. The van der Waals surface area contributed by atoms with Crippen molar-refractivity contribution in [2.24, 2.45) is 0 Å². The maximum Gasteiger partial charge on any atom is 0.290 e. The second-order valence-electron chi connectivity index (χ2n) is 6.03. The maximum absolute atomic E-state index is 13.3. The Bertz CT molecular complexity index is 873. The summed E-state index contributed by atoms with van der Waals surface area (Å²) in [4.78, 5) is 14.1. The number of halogens is 1. The lowest BCUT2D eigenvalue weighted by molar-refractivity contribution is -0.122. The van der Waals surface area contributed by atoms with Gasteiger partial charge >= 0.3 is 0 Å². The SMILES string of the molecule is Cc1ccc2[nH]cc(CN3Cc4ccc(F)cc4C3)c2c1.O=CO. The number of aromatic nitrogens is 1. The molecule has 0 atom stereocenters. The lowest BCUT2D eigenvalue weighted by Crippen LogP contribution is -2.15. The second-order valence-corrected chi connectivity index (χ2v) is 6.03. The van der Waals surface area contributed by atoms with E-state index in [-0.39, 0.29) is 12.3 Å². The molecule has 1 aliphatic rings. The predicted octanol–water partition coefficient (Wildman–Crippen LogP) is 3.83. The fourth-order valence-electron chi connectivity index (χ4n) is 3.21. The van der Waals surface area contributed by atoms with Gasteiger partial charge in [0.05, 0.1) is 0 Å². The molecule has 0 saturated carbocycles. The Morgan fingerprint density at radius 1 is 1.21 bits per heavy atom. The summed E-state index contributed by atoms with van der Waals surface area (Å²) in [6, 6.07) is 11.6. The zero-order valence-electron chi connectivity index (χ0n) is 13.4. The van der Waals surface area contributed by atoms with Crippen molar-refractivity contribution in [3.8, 4) is 0 Å². The van der Waals surface area contributed by atoms with Crippen molar-refractivity contribution in [3.63, 3.8) is 0 Å². The van der Waals surface area contributed by atoms with Crippen molar-refractivity contribution >= 4 is 17.4 Å². The van der Waals surface area contributed by atoms with Crippen molar-refractivity contribution in [2.45, 2.75) is 26.6 Å². The molecule has 124 valence electrons. The molecule has 0 saturated heterocycles. The van der Waals surface area contributed by atoms with Crippen LogP contribution in [0.3, 0.4) is 0 Å². The molecule has 0 aliphatic carbocycles. The molecule has 1 aromatic heterocycles. The Balaban J connectivity index is 0.000000526. The van der Waals surface area contributed by atoms with E-state index in [2.05, 4.69) is 41.2 Å². The topological polar surface area (TPSA) is 56.3 Å². The van der Waals surface area contributed by atoms with Crippen LogP contribution in [0.25, 0.3) is 10.9 Å². The monoisotopic (exact) mass is 326 g/mol. The molecule has 2 aromatic carbocycles. The van der Waals surface area contributed by atoms with Gasteiger partial charge in [-0.3, -0.25) is 9.69 Å². The third-order valence-corrected chi connectivity index (χ3v) is 4.27. The van der Waals surface area contributed by atoms with Gasteiger partial charge in [-0.15, -0.1) is 0 Å². The summed E-state index contributed by atoms with van der Waals surface area (Å²) >= 11 is 0. The summed E-state index contributed by atoms with van der Waals surface area (Å²) in [7, 11) is 0. The average Bonchev–Trinajstić information content (AvgIpc) is 3.12. The van der Waals surface area contributed by atoms with Crippen molar-refractivity contribution in [1.29, 1.82) is 0 Å². The van der Waals surface area contributed by atoms with Crippen LogP contribution >= 0.6 is 0 Å². The number of carboxylic acid groups (broad SMARTS) is 1. The molecule has 4 nitrogen and oxygen atoms in total. The van der Waals surface area contributed by atoms with Crippen molar-refractivity contribution in [3.05, 3.63) is 70.7 Å². The molecule has 1 aliphatic heterocycles. The fraction of sp³-hybridized carbons (Fsp3) is 0.211. The number of nitrogens with zero attached hydrogens (tertiary/aromatic N) is 1. The first-order valence-corrected chi connectivity index (χ1v) is 7.75. The molecule has 24 heavy (non-hydrogen) atoms. The molecule has 4 rings (SSSR count). The normalized spacial score (nSPS) is 13.4.